The summed E-state index contributed by atoms with van der Waals surface area (Å²) < 4.78 is 10.2. The highest BCUT2D eigenvalue weighted by atomic mass is 16.5. The minimum atomic E-state index is -0.568. The van der Waals surface area contributed by atoms with Crippen LogP contribution < -0.4 is 4.74 Å². The number of hydrogen-bond acceptors (Lipinski definition) is 5. The van der Waals surface area contributed by atoms with Gasteiger partial charge >= 0.3 is 5.97 Å². The molecule has 0 saturated heterocycles. The van der Waals surface area contributed by atoms with E-state index in [4.69, 9.17) is 14.6 Å². The maximum absolute atomic E-state index is 11.6. The Morgan fingerprint density at radius 3 is 2.78 bits per heavy atom. The summed E-state index contributed by atoms with van der Waals surface area (Å²) in [5.74, 6) is -0.576. The van der Waals surface area contributed by atoms with Crippen molar-refractivity contribution < 1.29 is 24.5 Å². The molecule has 0 aliphatic rings. The summed E-state index contributed by atoms with van der Waals surface area (Å²) in [6, 6.07) is 4.64. The molecule has 1 aromatic rings. The highest BCUT2D eigenvalue weighted by Gasteiger charge is 2.16. The van der Waals surface area contributed by atoms with Gasteiger partial charge < -0.3 is 19.7 Å². The van der Waals surface area contributed by atoms with E-state index < -0.39 is 5.97 Å². The SMILES string of the molecule is CCCOC(=O)c1cccc(OCCCO)c1O. The minimum absolute atomic E-state index is 0.0129. The van der Waals surface area contributed by atoms with Gasteiger partial charge in [-0.1, -0.05) is 13.0 Å². The summed E-state index contributed by atoms with van der Waals surface area (Å²) in [6.45, 7) is 2.49. The molecule has 1 rings (SSSR count). The molecule has 0 amide bonds. The van der Waals surface area contributed by atoms with Crippen molar-refractivity contribution in [2.45, 2.75) is 19.8 Å². The minimum Gasteiger partial charge on any atom is -0.504 e. The van der Waals surface area contributed by atoms with Crippen LogP contribution in [0.4, 0.5) is 0 Å². The highest BCUT2D eigenvalue weighted by molar-refractivity contribution is 5.93. The van der Waals surface area contributed by atoms with Gasteiger partial charge in [-0.25, -0.2) is 4.79 Å². The number of aromatic hydroxyl groups is 1. The van der Waals surface area contributed by atoms with Crippen LogP contribution in [0.5, 0.6) is 11.5 Å². The lowest BCUT2D eigenvalue weighted by Gasteiger charge is -2.10. The van der Waals surface area contributed by atoms with E-state index in [2.05, 4.69) is 0 Å². The van der Waals surface area contributed by atoms with Gasteiger partial charge in [0.1, 0.15) is 5.56 Å². The largest absolute Gasteiger partial charge is 0.504 e. The zero-order chi connectivity index (χ0) is 13.4. The lowest BCUT2D eigenvalue weighted by atomic mass is 10.2. The van der Waals surface area contributed by atoms with E-state index in [1.807, 2.05) is 6.92 Å². The number of rotatable bonds is 7. The number of esters is 1. The summed E-state index contributed by atoms with van der Waals surface area (Å²) in [7, 11) is 0. The van der Waals surface area contributed by atoms with Gasteiger partial charge in [0.25, 0.3) is 0 Å². The number of benzene rings is 1. The number of aliphatic hydroxyl groups excluding tert-OH is 1. The van der Waals surface area contributed by atoms with Crippen molar-refractivity contribution in [3.8, 4) is 11.5 Å². The molecule has 0 unspecified atom stereocenters. The van der Waals surface area contributed by atoms with Crippen LogP contribution in [0.1, 0.15) is 30.1 Å². The molecule has 5 nitrogen and oxygen atoms in total. The van der Waals surface area contributed by atoms with E-state index in [1.54, 1.807) is 12.1 Å². The van der Waals surface area contributed by atoms with E-state index in [1.165, 1.54) is 6.07 Å². The zero-order valence-corrected chi connectivity index (χ0v) is 10.4. The van der Waals surface area contributed by atoms with Crippen molar-refractivity contribution in [2.24, 2.45) is 0 Å². The van der Waals surface area contributed by atoms with Crippen LogP contribution >= 0.6 is 0 Å². The Bertz CT molecular complexity index is 389. The Labute approximate surface area is 106 Å². The second kappa shape index (κ2) is 7.55. The van der Waals surface area contributed by atoms with Crippen LogP contribution in [0.25, 0.3) is 0 Å². The number of carbonyl (C=O) groups is 1. The molecule has 100 valence electrons. The molecule has 0 heterocycles. The van der Waals surface area contributed by atoms with Gasteiger partial charge in [0.05, 0.1) is 13.2 Å². The molecule has 0 aromatic heterocycles. The molecule has 0 bridgehead atoms. The number of phenols is 1. The van der Waals surface area contributed by atoms with E-state index >= 15 is 0 Å². The predicted molar refractivity (Wildman–Crippen MR) is 65.9 cm³/mol. The fraction of sp³-hybridized carbons (Fsp3) is 0.462. The van der Waals surface area contributed by atoms with Gasteiger partial charge in [-0.05, 0) is 18.6 Å². The molecule has 0 aliphatic heterocycles. The van der Waals surface area contributed by atoms with Crippen LogP contribution in [0.15, 0.2) is 18.2 Å². The molecule has 0 aliphatic carbocycles. The first-order valence-corrected chi connectivity index (χ1v) is 5.93. The molecule has 0 fully saturated rings. The van der Waals surface area contributed by atoms with Crippen LogP contribution in [-0.4, -0.2) is 36.0 Å². The highest BCUT2D eigenvalue weighted by Crippen LogP contribution is 2.30. The van der Waals surface area contributed by atoms with Crippen molar-refractivity contribution in [3.63, 3.8) is 0 Å². The molecule has 0 spiro atoms. The van der Waals surface area contributed by atoms with E-state index in [0.717, 1.165) is 6.42 Å². The maximum Gasteiger partial charge on any atom is 0.342 e. The van der Waals surface area contributed by atoms with Gasteiger partial charge in [0, 0.05) is 13.0 Å². The van der Waals surface area contributed by atoms with Gasteiger partial charge in [-0.3, -0.25) is 0 Å². The standard InChI is InChI=1S/C13H18O5/c1-2-8-18-13(16)10-5-3-6-11(12(10)15)17-9-4-7-14/h3,5-6,14-15H,2,4,7-9H2,1H3. The molecule has 0 atom stereocenters. The summed E-state index contributed by atoms with van der Waals surface area (Å²) >= 11 is 0. The van der Waals surface area contributed by atoms with Crippen LogP contribution in [0, 0.1) is 0 Å². The molecule has 0 saturated carbocycles. The Hall–Kier alpha value is -1.75. The third-order valence-corrected chi connectivity index (χ3v) is 2.22. The van der Waals surface area contributed by atoms with Crippen LogP contribution in [0.3, 0.4) is 0 Å². The first kappa shape index (κ1) is 14.3. The number of para-hydroxylation sites is 1. The van der Waals surface area contributed by atoms with E-state index in [9.17, 15) is 9.90 Å². The first-order chi connectivity index (χ1) is 8.70. The average molecular weight is 254 g/mol. The lowest BCUT2D eigenvalue weighted by molar-refractivity contribution is 0.0501. The monoisotopic (exact) mass is 254 g/mol. The summed E-state index contributed by atoms with van der Waals surface area (Å²) in [5.41, 5.74) is 0.0879. The Morgan fingerprint density at radius 2 is 2.11 bits per heavy atom. The number of ether oxygens (including phenoxy) is 2. The summed E-state index contributed by atoms with van der Waals surface area (Å²) in [6.07, 6.45) is 1.18. The smallest absolute Gasteiger partial charge is 0.342 e. The van der Waals surface area contributed by atoms with Gasteiger partial charge in [-0.2, -0.15) is 0 Å². The van der Waals surface area contributed by atoms with Crippen molar-refractivity contribution in [3.05, 3.63) is 23.8 Å². The third-order valence-electron chi connectivity index (χ3n) is 2.22. The molecule has 2 N–H and O–H groups in total. The van der Waals surface area contributed by atoms with Crippen molar-refractivity contribution in [1.29, 1.82) is 0 Å². The summed E-state index contributed by atoms with van der Waals surface area (Å²) in [4.78, 5) is 11.6. The number of aliphatic hydroxyl groups is 1. The van der Waals surface area contributed by atoms with Gasteiger partial charge in [-0.15, -0.1) is 0 Å². The molecule has 5 heteroatoms. The number of hydrogen-bond donors (Lipinski definition) is 2. The van der Waals surface area contributed by atoms with E-state index in [0.29, 0.717) is 13.0 Å². The summed E-state index contributed by atoms with van der Waals surface area (Å²) in [5, 5.41) is 18.5. The van der Waals surface area contributed by atoms with Crippen molar-refractivity contribution in [2.75, 3.05) is 19.8 Å². The topological polar surface area (TPSA) is 76.0 Å². The molecule has 18 heavy (non-hydrogen) atoms. The molecule has 1 aromatic carbocycles. The quantitative estimate of drug-likeness (QED) is 0.572. The fourth-order valence-corrected chi connectivity index (χ4v) is 1.32. The maximum atomic E-state index is 11.6. The fourth-order valence-electron chi connectivity index (χ4n) is 1.32. The van der Waals surface area contributed by atoms with Crippen molar-refractivity contribution in [1.82, 2.24) is 0 Å². The molecule has 0 radical (unpaired) electrons. The Morgan fingerprint density at radius 1 is 1.33 bits per heavy atom. The normalized spacial score (nSPS) is 10.1. The van der Waals surface area contributed by atoms with Crippen LogP contribution in [0.2, 0.25) is 0 Å². The van der Waals surface area contributed by atoms with Gasteiger partial charge in [0.15, 0.2) is 11.5 Å². The zero-order valence-electron chi connectivity index (χ0n) is 10.4. The average Bonchev–Trinajstić information content (AvgIpc) is 2.38. The third kappa shape index (κ3) is 3.92. The first-order valence-electron chi connectivity index (χ1n) is 5.93. The lowest BCUT2D eigenvalue weighted by Crippen LogP contribution is -2.07. The van der Waals surface area contributed by atoms with Crippen LogP contribution in [-0.2, 0) is 4.74 Å². The number of carbonyl (C=O) groups excluding carboxylic acids is 1. The molecular formula is C13H18O5. The Kier molecular flexibility index (Phi) is 6.00. The second-order valence-corrected chi connectivity index (χ2v) is 3.71. The Balaban J connectivity index is 2.74. The predicted octanol–water partition coefficient (Wildman–Crippen LogP) is 1.72. The van der Waals surface area contributed by atoms with Gasteiger partial charge in [0.2, 0.25) is 0 Å². The number of phenolic OH excluding ortho intramolecular Hbond substituents is 1. The molecular weight excluding hydrogens is 236 g/mol. The van der Waals surface area contributed by atoms with Crippen molar-refractivity contribution >= 4 is 5.97 Å². The second-order valence-electron chi connectivity index (χ2n) is 3.71. The van der Waals surface area contributed by atoms with E-state index in [-0.39, 0.29) is 30.3 Å².